The van der Waals surface area contributed by atoms with Gasteiger partial charge in [0.25, 0.3) is 5.91 Å². The van der Waals surface area contributed by atoms with Crippen molar-refractivity contribution in [1.29, 1.82) is 0 Å². The number of nitrogens with one attached hydrogen (secondary N) is 1. The Morgan fingerprint density at radius 2 is 2.00 bits per heavy atom. The van der Waals surface area contributed by atoms with Gasteiger partial charge in [0.15, 0.2) is 0 Å². The maximum absolute atomic E-state index is 11.6. The maximum Gasteiger partial charge on any atom is 0.251 e. The minimum Gasteiger partial charge on any atom is -0.391 e. The Hall–Kier alpha value is -1.35. The smallest absolute Gasteiger partial charge is 0.251 e. The van der Waals surface area contributed by atoms with Gasteiger partial charge in [-0.05, 0) is 25.0 Å². The number of carbonyl (C=O) groups excluding carboxylic acids is 1. The third-order valence-corrected chi connectivity index (χ3v) is 2.59. The maximum atomic E-state index is 11.6. The molecule has 2 rings (SSSR count). The standard InChI is InChI=1S/C11H13NO2/c13-10-7-6-9(10)12-11(14)8-4-2-1-3-5-8/h1-5,9-10,13H,6-7H2,(H,12,14)/t9-,10+/m0/s1. The van der Waals surface area contributed by atoms with Gasteiger partial charge in [-0.3, -0.25) is 4.79 Å². The molecule has 1 amide bonds. The second-order valence-electron chi connectivity index (χ2n) is 3.59. The van der Waals surface area contributed by atoms with E-state index in [-0.39, 0.29) is 18.1 Å². The number of aliphatic hydroxyl groups is 1. The molecule has 1 aromatic carbocycles. The Morgan fingerprint density at radius 1 is 1.29 bits per heavy atom. The summed E-state index contributed by atoms with van der Waals surface area (Å²) < 4.78 is 0. The van der Waals surface area contributed by atoms with Gasteiger partial charge in [-0.2, -0.15) is 0 Å². The average Bonchev–Trinajstić information content (AvgIpc) is 2.24. The molecule has 0 heterocycles. The highest BCUT2D eigenvalue weighted by Gasteiger charge is 2.30. The van der Waals surface area contributed by atoms with Crippen molar-refractivity contribution in [3.63, 3.8) is 0 Å². The summed E-state index contributed by atoms with van der Waals surface area (Å²) in [5.41, 5.74) is 0.645. The zero-order valence-corrected chi connectivity index (χ0v) is 7.81. The summed E-state index contributed by atoms with van der Waals surface area (Å²) in [7, 11) is 0. The van der Waals surface area contributed by atoms with Crippen LogP contribution in [0.1, 0.15) is 23.2 Å². The van der Waals surface area contributed by atoms with Crippen molar-refractivity contribution >= 4 is 5.91 Å². The number of hydrogen-bond donors (Lipinski definition) is 2. The van der Waals surface area contributed by atoms with E-state index in [1.54, 1.807) is 12.1 Å². The van der Waals surface area contributed by atoms with Gasteiger partial charge >= 0.3 is 0 Å². The summed E-state index contributed by atoms with van der Waals surface area (Å²) in [6.07, 6.45) is 1.31. The van der Waals surface area contributed by atoms with Gasteiger partial charge in [-0.15, -0.1) is 0 Å². The Bertz CT molecular complexity index is 323. The van der Waals surface area contributed by atoms with E-state index < -0.39 is 0 Å². The summed E-state index contributed by atoms with van der Waals surface area (Å²) >= 11 is 0. The van der Waals surface area contributed by atoms with Crippen molar-refractivity contribution in [3.8, 4) is 0 Å². The van der Waals surface area contributed by atoms with E-state index in [0.717, 1.165) is 12.8 Å². The fourth-order valence-corrected chi connectivity index (χ4v) is 1.49. The van der Waals surface area contributed by atoms with E-state index in [1.807, 2.05) is 18.2 Å². The fourth-order valence-electron chi connectivity index (χ4n) is 1.49. The lowest BCUT2D eigenvalue weighted by atomic mass is 9.89. The van der Waals surface area contributed by atoms with Gasteiger partial charge in [-0.1, -0.05) is 18.2 Å². The molecule has 2 N–H and O–H groups in total. The van der Waals surface area contributed by atoms with Gasteiger partial charge in [0.05, 0.1) is 12.1 Å². The lowest BCUT2D eigenvalue weighted by molar-refractivity contribution is 0.0447. The number of hydrogen-bond acceptors (Lipinski definition) is 2. The molecule has 1 fully saturated rings. The topological polar surface area (TPSA) is 49.3 Å². The molecule has 14 heavy (non-hydrogen) atoms. The highest BCUT2D eigenvalue weighted by Crippen LogP contribution is 2.19. The molecular weight excluding hydrogens is 178 g/mol. The Balaban J connectivity index is 1.96. The molecule has 1 aliphatic carbocycles. The van der Waals surface area contributed by atoms with Crippen molar-refractivity contribution < 1.29 is 9.90 Å². The molecule has 0 bridgehead atoms. The summed E-state index contributed by atoms with van der Waals surface area (Å²) in [5, 5.41) is 12.1. The van der Waals surface area contributed by atoms with E-state index in [2.05, 4.69) is 5.32 Å². The predicted molar refractivity (Wildman–Crippen MR) is 52.9 cm³/mol. The highest BCUT2D eigenvalue weighted by atomic mass is 16.3. The lowest BCUT2D eigenvalue weighted by Crippen LogP contribution is -2.50. The van der Waals surface area contributed by atoms with Crippen LogP contribution in [0, 0.1) is 0 Å². The summed E-state index contributed by atoms with van der Waals surface area (Å²) in [6, 6.07) is 9.00. The van der Waals surface area contributed by atoms with Crippen molar-refractivity contribution in [3.05, 3.63) is 35.9 Å². The molecule has 3 nitrogen and oxygen atoms in total. The van der Waals surface area contributed by atoms with Crippen LogP contribution in [0.4, 0.5) is 0 Å². The summed E-state index contributed by atoms with van der Waals surface area (Å²) in [4.78, 5) is 11.6. The van der Waals surface area contributed by atoms with Gasteiger partial charge in [0, 0.05) is 5.56 Å². The van der Waals surface area contributed by atoms with E-state index in [9.17, 15) is 9.90 Å². The first-order valence-corrected chi connectivity index (χ1v) is 4.81. The Kier molecular flexibility index (Phi) is 2.50. The first kappa shape index (κ1) is 9.21. The molecule has 1 aromatic rings. The molecule has 2 atom stereocenters. The highest BCUT2D eigenvalue weighted by molar-refractivity contribution is 5.94. The Labute approximate surface area is 82.8 Å². The monoisotopic (exact) mass is 191 g/mol. The largest absolute Gasteiger partial charge is 0.391 e. The van der Waals surface area contributed by atoms with E-state index in [4.69, 9.17) is 0 Å². The van der Waals surface area contributed by atoms with Gasteiger partial charge < -0.3 is 10.4 Å². The number of rotatable bonds is 2. The second kappa shape index (κ2) is 3.80. The van der Waals surface area contributed by atoms with Crippen LogP contribution < -0.4 is 5.32 Å². The van der Waals surface area contributed by atoms with Crippen LogP contribution in [0.5, 0.6) is 0 Å². The van der Waals surface area contributed by atoms with Crippen LogP contribution in [-0.4, -0.2) is 23.2 Å². The zero-order chi connectivity index (χ0) is 9.97. The quantitative estimate of drug-likeness (QED) is 0.731. The first-order chi connectivity index (χ1) is 6.77. The van der Waals surface area contributed by atoms with Crippen LogP contribution in [0.2, 0.25) is 0 Å². The number of benzene rings is 1. The van der Waals surface area contributed by atoms with Crippen LogP contribution >= 0.6 is 0 Å². The molecule has 0 unspecified atom stereocenters. The molecule has 74 valence electrons. The molecule has 1 aliphatic rings. The van der Waals surface area contributed by atoms with Gasteiger partial charge in [0.1, 0.15) is 0 Å². The van der Waals surface area contributed by atoms with Crippen LogP contribution in [0.15, 0.2) is 30.3 Å². The molecule has 0 saturated heterocycles. The van der Waals surface area contributed by atoms with E-state index >= 15 is 0 Å². The van der Waals surface area contributed by atoms with Crippen molar-refractivity contribution in [2.24, 2.45) is 0 Å². The molecule has 3 heteroatoms. The first-order valence-electron chi connectivity index (χ1n) is 4.81. The summed E-state index contributed by atoms with van der Waals surface area (Å²) in [6.45, 7) is 0. The minimum absolute atomic E-state index is 0.0530. The van der Waals surface area contributed by atoms with Crippen molar-refractivity contribution in [1.82, 2.24) is 5.32 Å². The van der Waals surface area contributed by atoms with Gasteiger partial charge in [0.2, 0.25) is 0 Å². The third kappa shape index (κ3) is 1.77. The van der Waals surface area contributed by atoms with Crippen molar-refractivity contribution in [2.45, 2.75) is 25.0 Å². The third-order valence-electron chi connectivity index (χ3n) is 2.59. The van der Waals surface area contributed by atoms with Crippen LogP contribution in [0.25, 0.3) is 0 Å². The molecule has 0 radical (unpaired) electrons. The van der Waals surface area contributed by atoms with E-state index in [1.165, 1.54) is 0 Å². The minimum atomic E-state index is -0.359. The zero-order valence-electron chi connectivity index (χ0n) is 7.81. The molecule has 0 aromatic heterocycles. The summed E-state index contributed by atoms with van der Waals surface area (Å²) in [5.74, 6) is -0.102. The second-order valence-corrected chi connectivity index (χ2v) is 3.59. The fraction of sp³-hybridized carbons (Fsp3) is 0.364. The SMILES string of the molecule is O=C(N[C@H]1CC[C@H]1O)c1ccccc1. The number of aliphatic hydroxyl groups excluding tert-OH is 1. The van der Waals surface area contributed by atoms with Gasteiger partial charge in [-0.25, -0.2) is 0 Å². The number of amides is 1. The predicted octanol–water partition coefficient (Wildman–Crippen LogP) is 0.940. The number of carbonyl (C=O) groups is 1. The Morgan fingerprint density at radius 3 is 2.50 bits per heavy atom. The molecule has 0 spiro atoms. The lowest BCUT2D eigenvalue weighted by Gasteiger charge is -2.32. The molecule has 1 saturated carbocycles. The van der Waals surface area contributed by atoms with E-state index in [0.29, 0.717) is 5.56 Å². The normalized spacial score (nSPS) is 25.2. The molecule has 0 aliphatic heterocycles. The average molecular weight is 191 g/mol. The van der Waals surface area contributed by atoms with Crippen LogP contribution in [0.3, 0.4) is 0 Å². The molecular formula is C11H13NO2. The van der Waals surface area contributed by atoms with Crippen LogP contribution in [-0.2, 0) is 0 Å². The van der Waals surface area contributed by atoms with Crippen molar-refractivity contribution in [2.75, 3.05) is 0 Å².